The van der Waals surface area contributed by atoms with E-state index in [1.54, 1.807) is 10.9 Å². The number of halogens is 1. The molecule has 0 unspecified atom stereocenters. The van der Waals surface area contributed by atoms with Crippen molar-refractivity contribution in [3.05, 3.63) is 42.7 Å². The first-order valence-corrected chi connectivity index (χ1v) is 5.79. The number of rotatable bonds is 4. The van der Waals surface area contributed by atoms with Crippen LogP contribution in [0, 0.1) is 0 Å². The van der Waals surface area contributed by atoms with Crippen molar-refractivity contribution < 1.29 is 4.79 Å². The number of carbonyl (C=O) groups excluding carboxylic acids is 1. The van der Waals surface area contributed by atoms with Crippen molar-refractivity contribution in [3.63, 3.8) is 0 Å². The van der Waals surface area contributed by atoms with Gasteiger partial charge in [-0.3, -0.25) is 4.79 Å². The van der Waals surface area contributed by atoms with E-state index in [0.717, 1.165) is 11.4 Å². The van der Waals surface area contributed by atoms with Crippen LogP contribution in [0.2, 0.25) is 0 Å². The molecule has 1 aromatic carbocycles. The van der Waals surface area contributed by atoms with Crippen LogP contribution in [0.1, 0.15) is 6.42 Å². The van der Waals surface area contributed by atoms with Crippen LogP contribution in [-0.4, -0.2) is 21.6 Å². The average Bonchev–Trinajstić information content (AvgIpc) is 2.84. The van der Waals surface area contributed by atoms with Gasteiger partial charge in [-0.15, -0.1) is 11.6 Å². The van der Waals surface area contributed by atoms with Gasteiger partial charge in [0.05, 0.1) is 5.69 Å². The summed E-state index contributed by atoms with van der Waals surface area (Å²) < 4.78 is 1.75. The number of carbonyl (C=O) groups is 1. The predicted octanol–water partition coefficient (Wildman–Crippen LogP) is 2.44. The van der Waals surface area contributed by atoms with Crippen LogP contribution in [0.3, 0.4) is 0 Å². The number of nitrogens with one attached hydrogen (secondary N) is 1. The number of nitrogens with zero attached hydrogens (tertiary/aromatic N) is 2. The normalized spacial score (nSPS) is 10.2. The lowest BCUT2D eigenvalue weighted by molar-refractivity contribution is -0.115. The van der Waals surface area contributed by atoms with Crippen LogP contribution < -0.4 is 5.32 Å². The first-order chi connectivity index (χ1) is 8.29. The minimum absolute atomic E-state index is 0.0770. The second-order valence-electron chi connectivity index (χ2n) is 3.48. The first kappa shape index (κ1) is 11.7. The molecule has 1 aromatic heterocycles. The van der Waals surface area contributed by atoms with Gasteiger partial charge < -0.3 is 5.32 Å². The number of amides is 1. The Balaban J connectivity index is 2.06. The summed E-state index contributed by atoms with van der Waals surface area (Å²) in [6.07, 6.45) is 3.90. The number of hydrogen-bond donors (Lipinski definition) is 1. The quantitative estimate of drug-likeness (QED) is 0.846. The van der Waals surface area contributed by atoms with E-state index in [1.165, 1.54) is 0 Å². The fourth-order valence-corrected chi connectivity index (χ4v) is 1.60. The highest BCUT2D eigenvalue weighted by molar-refractivity contribution is 6.19. The smallest absolute Gasteiger partial charge is 0.225 e. The third kappa shape index (κ3) is 3.07. The lowest BCUT2D eigenvalue weighted by Gasteiger charge is -2.05. The van der Waals surface area contributed by atoms with Crippen molar-refractivity contribution in [1.82, 2.24) is 9.78 Å². The Bertz CT molecular complexity index is 479. The van der Waals surface area contributed by atoms with E-state index in [1.807, 2.05) is 36.5 Å². The van der Waals surface area contributed by atoms with Gasteiger partial charge in [0, 0.05) is 30.4 Å². The van der Waals surface area contributed by atoms with E-state index >= 15 is 0 Å². The number of aromatic nitrogens is 2. The zero-order chi connectivity index (χ0) is 12.1. The Morgan fingerprint density at radius 3 is 2.71 bits per heavy atom. The highest BCUT2D eigenvalue weighted by Crippen LogP contribution is 2.12. The SMILES string of the molecule is O=C(CCCl)Nc1ccc(-n2cccn2)cc1. The highest BCUT2D eigenvalue weighted by atomic mass is 35.5. The van der Waals surface area contributed by atoms with Crippen LogP contribution in [0.5, 0.6) is 0 Å². The molecule has 0 radical (unpaired) electrons. The van der Waals surface area contributed by atoms with Crippen molar-refractivity contribution >= 4 is 23.2 Å². The molecule has 5 heteroatoms. The molecule has 0 aliphatic carbocycles. The van der Waals surface area contributed by atoms with Crippen LogP contribution in [0.4, 0.5) is 5.69 Å². The second kappa shape index (κ2) is 5.50. The Morgan fingerprint density at radius 2 is 2.12 bits per heavy atom. The second-order valence-corrected chi connectivity index (χ2v) is 3.86. The number of anilines is 1. The van der Waals surface area contributed by atoms with Gasteiger partial charge in [0.2, 0.25) is 5.91 Å². The minimum atomic E-state index is -0.0770. The standard InChI is InChI=1S/C12H12ClN3O/c13-7-6-12(17)15-10-2-4-11(5-3-10)16-9-1-8-14-16/h1-5,8-9H,6-7H2,(H,15,17). The van der Waals surface area contributed by atoms with Gasteiger partial charge in [-0.25, -0.2) is 4.68 Å². The van der Waals surface area contributed by atoms with Gasteiger partial charge in [-0.1, -0.05) is 0 Å². The maximum atomic E-state index is 11.3. The molecule has 0 aliphatic heterocycles. The van der Waals surface area contributed by atoms with Crippen LogP contribution in [0.15, 0.2) is 42.7 Å². The summed E-state index contributed by atoms with van der Waals surface area (Å²) in [4.78, 5) is 11.3. The summed E-state index contributed by atoms with van der Waals surface area (Å²) in [5.41, 5.74) is 1.71. The molecular formula is C12H12ClN3O. The Kier molecular flexibility index (Phi) is 3.77. The van der Waals surface area contributed by atoms with E-state index < -0.39 is 0 Å². The fourth-order valence-electron chi connectivity index (χ4n) is 1.43. The monoisotopic (exact) mass is 249 g/mol. The van der Waals surface area contributed by atoms with Gasteiger partial charge in [-0.2, -0.15) is 5.10 Å². The molecule has 17 heavy (non-hydrogen) atoms. The zero-order valence-electron chi connectivity index (χ0n) is 9.14. The van der Waals surface area contributed by atoms with E-state index in [2.05, 4.69) is 10.4 Å². The summed E-state index contributed by atoms with van der Waals surface area (Å²) in [6.45, 7) is 0. The number of alkyl halides is 1. The lowest BCUT2D eigenvalue weighted by Crippen LogP contribution is -2.11. The van der Waals surface area contributed by atoms with Crippen molar-refractivity contribution in [2.75, 3.05) is 11.2 Å². The Hall–Kier alpha value is -1.81. The van der Waals surface area contributed by atoms with Crippen molar-refractivity contribution in [3.8, 4) is 5.69 Å². The van der Waals surface area contributed by atoms with E-state index in [9.17, 15) is 4.79 Å². The highest BCUT2D eigenvalue weighted by Gasteiger charge is 2.01. The molecule has 0 atom stereocenters. The summed E-state index contributed by atoms with van der Waals surface area (Å²) in [5, 5.41) is 6.88. The lowest BCUT2D eigenvalue weighted by atomic mass is 10.2. The summed E-state index contributed by atoms with van der Waals surface area (Å²) in [5.74, 6) is 0.254. The molecule has 2 aromatic rings. The van der Waals surface area contributed by atoms with Gasteiger partial charge in [0.25, 0.3) is 0 Å². The minimum Gasteiger partial charge on any atom is -0.326 e. The van der Waals surface area contributed by atoms with Gasteiger partial charge in [0.15, 0.2) is 0 Å². The average molecular weight is 250 g/mol. The van der Waals surface area contributed by atoms with E-state index in [-0.39, 0.29) is 5.91 Å². The van der Waals surface area contributed by atoms with Crippen molar-refractivity contribution in [2.45, 2.75) is 6.42 Å². The molecule has 1 N–H and O–H groups in total. The molecule has 0 saturated carbocycles. The third-order valence-electron chi connectivity index (χ3n) is 2.24. The first-order valence-electron chi connectivity index (χ1n) is 5.25. The van der Waals surface area contributed by atoms with Crippen molar-refractivity contribution in [1.29, 1.82) is 0 Å². The van der Waals surface area contributed by atoms with Crippen molar-refractivity contribution in [2.24, 2.45) is 0 Å². The number of hydrogen-bond acceptors (Lipinski definition) is 2. The summed E-state index contributed by atoms with van der Waals surface area (Å²) >= 11 is 5.48. The molecule has 4 nitrogen and oxygen atoms in total. The molecule has 1 heterocycles. The third-order valence-corrected chi connectivity index (χ3v) is 2.43. The van der Waals surface area contributed by atoms with Crippen LogP contribution in [-0.2, 0) is 4.79 Å². The van der Waals surface area contributed by atoms with Gasteiger partial charge >= 0.3 is 0 Å². The maximum absolute atomic E-state index is 11.3. The topological polar surface area (TPSA) is 46.9 Å². The number of benzene rings is 1. The summed E-state index contributed by atoms with van der Waals surface area (Å²) in [6, 6.07) is 9.31. The van der Waals surface area contributed by atoms with E-state index in [0.29, 0.717) is 12.3 Å². The van der Waals surface area contributed by atoms with Gasteiger partial charge in [-0.05, 0) is 30.3 Å². The maximum Gasteiger partial charge on any atom is 0.225 e. The molecule has 0 saturated heterocycles. The van der Waals surface area contributed by atoms with Crippen LogP contribution in [0.25, 0.3) is 5.69 Å². The Labute approximate surface area is 104 Å². The molecule has 1 amide bonds. The molecular weight excluding hydrogens is 238 g/mol. The zero-order valence-corrected chi connectivity index (χ0v) is 9.89. The molecule has 0 fully saturated rings. The molecule has 88 valence electrons. The molecule has 0 spiro atoms. The molecule has 0 aliphatic rings. The van der Waals surface area contributed by atoms with Crippen LogP contribution >= 0.6 is 11.6 Å². The summed E-state index contributed by atoms with van der Waals surface area (Å²) in [7, 11) is 0. The predicted molar refractivity (Wildman–Crippen MR) is 67.5 cm³/mol. The fraction of sp³-hybridized carbons (Fsp3) is 0.167. The molecule has 2 rings (SSSR count). The molecule has 0 bridgehead atoms. The Morgan fingerprint density at radius 1 is 1.35 bits per heavy atom. The van der Waals surface area contributed by atoms with E-state index in [4.69, 9.17) is 11.6 Å². The van der Waals surface area contributed by atoms with Gasteiger partial charge in [0.1, 0.15) is 0 Å². The largest absolute Gasteiger partial charge is 0.326 e.